The lowest BCUT2D eigenvalue weighted by molar-refractivity contribution is 0.144. The molecule has 1 heterocycles. The first-order valence-electron chi connectivity index (χ1n) is 5.69. The van der Waals surface area contributed by atoms with E-state index in [1.165, 1.54) is 0 Å². The van der Waals surface area contributed by atoms with Crippen LogP contribution in [-0.2, 0) is 4.84 Å². The summed E-state index contributed by atoms with van der Waals surface area (Å²) in [5.74, 6) is 0.680. The van der Waals surface area contributed by atoms with Crippen LogP contribution in [0.1, 0.15) is 5.69 Å². The molecule has 1 aromatic rings. The number of hydroxylamine groups is 1. The second-order valence-corrected chi connectivity index (χ2v) is 10.6. The Bertz CT molecular complexity index is 360. The molecule has 4 nitrogen and oxygen atoms in total. The van der Waals surface area contributed by atoms with E-state index in [2.05, 4.69) is 41.2 Å². The lowest BCUT2D eigenvalue weighted by Gasteiger charge is -2.14. The van der Waals surface area contributed by atoms with Crippen LogP contribution >= 0.6 is 0 Å². The van der Waals surface area contributed by atoms with Crippen LogP contribution in [0.5, 0.6) is 0 Å². The van der Waals surface area contributed by atoms with Gasteiger partial charge in [-0.3, -0.25) is 14.8 Å². The van der Waals surface area contributed by atoms with E-state index in [4.69, 9.17) is 4.84 Å². The van der Waals surface area contributed by atoms with Crippen LogP contribution in [0.3, 0.4) is 0 Å². The molecular weight excluding hydrogens is 230 g/mol. The molecule has 0 bridgehead atoms. The van der Waals surface area contributed by atoms with Gasteiger partial charge >= 0.3 is 0 Å². The second-order valence-electron chi connectivity index (χ2n) is 4.99. The molecule has 0 atom stereocenters. The summed E-state index contributed by atoms with van der Waals surface area (Å²) in [6.07, 6.45) is 1.63. The van der Waals surface area contributed by atoms with E-state index in [-0.39, 0.29) is 0 Å². The Kier molecular flexibility index (Phi) is 5.31. The highest BCUT2D eigenvalue weighted by Gasteiger charge is 2.12. The summed E-state index contributed by atoms with van der Waals surface area (Å²) in [5.41, 5.74) is 3.55. The fraction of sp³-hybridized carbons (Fsp3) is 0.500. The first-order valence-corrected chi connectivity index (χ1v) is 9.39. The van der Waals surface area contributed by atoms with Gasteiger partial charge in [-0.05, 0) is 12.1 Å². The number of pyridine rings is 1. The summed E-state index contributed by atoms with van der Waals surface area (Å²) in [6, 6.07) is 7.71. The van der Waals surface area contributed by atoms with Crippen molar-refractivity contribution in [3.05, 3.63) is 30.1 Å². The van der Waals surface area contributed by atoms with Gasteiger partial charge in [-0.25, -0.2) is 5.48 Å². The molecule has 1 radical (unpaired) electrons. The molecule has 0 spiro atoms. The lowest BCUT2D eigenvalue weighted by atomic mass is 10.3. The fourth-order valence-electron chi connectivity index (χ4n) is 1.23. The van der Waals surface area contributed by atoms with Crippen LogP contribution in [0.2, 0.25) is 25.7 Å². The van der Waals surface area contributed by atoms with Crippen molar-refractivity contribution in [3.63, 3.8) is 0 Å². The monoisotopic (exact) mass is 250 g/mol. The Labute approximate surface area is 104 Å². The van der Waals surface area contributed by atoms with Crippen molar-refractivity contribution in [2.45, 2.75) is 25.7 Å². The summed E-state index contributed by atoms with van der Waals surface area (Å²) in [4.78, 5) is 13.6. The largest absolute Gasteiger partial charge is 0.278 e. The Hall–Kier alpha value is -1.20. The summed E-state index contributed by atoms with van der Waals surface area (Å²) < 4.78 is 0. The molecule has 0 saturated carbocycles. The van der Waals surface area contributed by atoms with Gasteiger partial charge in [0.15, 0.2) is 5.84 Å². The van der Waals surface area contributed by atoms with Gasteiger partial charge in [-0.15, -0.1) is 0 Å². The summed E-state index contributed by atoms with van der Waals surface area (Å²) >= 11 is 0. The van der Waals surface area contributed by atoms with Crippen molar-refractivity contribution in [1.29, 1.82) is 0 Å². The highest BCUT2D eigenvalue weighted by molar-refractivity contribution is 6.76. The molecule has 5 heteroatoms. The van der Waals surface area contributed by atoms with Gasteiger partial charge < -0.3 is 0 Å². The second kappa shape index (κ2) is 6.51. The maximum Gasteiger partial charge on any atom is 0.171 e. The minimum absolute atomic E-state index is 0.680. The minimum Gasteiger partial charge on any atom is -0.278 e. The SMILES string of the molecule is CONC(=NCC[Si](C)(C)C)c1cc[c]cn1. The zero-order chi connectivity index (χ0) is 12.7. The molecule has 0 unspecified atom stereocenters. The normalized spacial score (nSPS) is 12.6. The summed E-state index contributed by atoms with van der Waals surface area (Å²) in [6.45, 7) is 7.81. The van der Waals surface area contributed by atoms with Gasteiger partial charge in [0.05, 0.1) is 7.11 Å². The van der Waals surface area contributed by atoms with Crippen LogP contribution < -0.4 is 5.48 Å². The predicted octanol–water partition coefficient (Wildman–Crippen LogP) is 2.12. The van der Waals surface area contributed by atoms with Gasteiger partial charge in [0.25, 0.3) is 0 Å². The highest BCUT2D eigenvalue weighted by Crippen LogP contribution is 2.08. The van der Waals surface area contributed by atoms with Gasteiger partial charge in [-0.1, -0.05) is 25.7 Å². The molecule has 1 rings (SSSR count). The fourth-order valence-corrected chi connectivity index (χ4v) is 2.01. The molecule has 0 aromatic carbocycles. The smallest absolute Gasteiger partial charge is 0.171 e. The topological polar surface area (TPSA) is 46.5 Å². The van der Waals surface area contributed by atoms with Gasteiger partial charge in [-0.2, -0.15) is 0 Å². The van der Waals surface area contributed by atoms with E-state index in [1.807, 2.05) is 12.1 Å². The van der Waals surface area contributed by atoms with Crippen LogP contribution in [-0.4, -0.2) is 32.5 Å². The van der Waals surface area contributed by atoms with Crippen molar-refractivity contribution in [2.75, 3.05) is 13.7 Å². The Morgan fingerprint density at radius 2 is 2.29 bits per heavy atom. The lowest BCUT2D eigenvalue weighted by Crippen LogP contribution is -2.26. The third kappa shape index (κ3) is 5.60. The molecule has 0 fully saturated rings. The number of hydrogen-bond donors (Lipinski definition) is 1. The number of nitrogens with zero attached hydrogens (tertiary/aromatic N) is 2. The van der Waals surface area contributed by atoms with Crippen molar-refractivity contribution in [1.82, 2.24) is 10.5 Å². The number of rotatable bonds is 5. The molecule has 0 saturated heterocycles. The number of hydrogen-bond acceptors (Lipinski definition) is 3. The Morgan fingerprint density at radius 1 is 1.53 bits per heavy atom. The maximum absolute atomic E-state index is 4.92. The molecule has 17 heavy (non-hydrogen) atoms. The zero-order valence-electron chi connectivity index (χ0n) is 10.9. The number of nitrogens with one attached hydrogen (secondary N) is 1. The van der Waals surface area contributed by atoms with Crippen LogP contribution in [0.25, 0.3) is 0 Å². The Balaban J connectivity index is 2.69. The standard InChI is InChI=1S/C12H20N3OSi/c1-16-15-12(11-7-5-6-8-13-11)14-9-10-17(2,3)4/h5,7-8H,9-10H2,1-4H3,(H,14,15). The van der Waals surface area contributed by atoms with E-state index in [1.54, 1.807) is 13.3 Å². The molecule has 93 valence electrons. The van der Waals surface area contributed by atoms with Gasteiger partial charge in [0.1, 0.15) is 5.69 Å². The number of aromatic nitrogens is 1. The quantitative estimate of drug-likeness (QED) is 0.377. The van der Waals surface area contributed by atoms with Crippen molar-refractivity contribution >= 4 is 13.9 Å². The molecular formula is C12H20N3OSi. The van der Waals surface area contributed by atoms with Crippen molar-refractivity contribution in [3.8, 4) is 0 Å². The maximum atomic E-state index is 4.92. The average Bonchev–Trinajstić information content (AvgIpc) is 2.27. The van der Waals surface area contributed by atoms with E-state index < -0.39 is 8.07 Å². The molecule has 1 aromatic heterocycles. The molecule has 1 N–H and O–H groups in total. The first kappa shape index (κ1) is 13.9. The van der Waals surface area contributed by atoms with E-state index >= 15 is 0 Å². The Morgan fingerprint density at radius 3 is 2.82 bits per heavy atom. The first-order chi connectivity index (χ1) is 8.03. The molecule has 0 aliphatic carbocycles. The van der Waals surface area contributed by atoms with E-state index in [9.17, 15) is 0 Å². The minimum atomic E-state index is -1.05. The van der Waals surface area contributed by atoms with Gasteiger partial charge in [0.2, 0.25) is 0 Å². The third-order valence-corrected chi connectivity index (χ3v) is 3.91. The molecule has 0 amide bonds. The summed E-state index contributed by atoms with van der Waals surface area (Å²) in [5, 5.41) is 0. The third-order valence-electron chi connectivity index (χ3n) is 2.19. The molecule has 0 aliphatic heterocycles. The molecule has 0 aliphatic rings. The summed E-state index contributed by atoms with van der Waals surface area (Å²) in [7, 11) is 0.522. The number of aliphatic imine (C=N–C) groups is 1. The van der Waals surface area contributed by atoms with Crippen molar-refractivity contribution < 1.29 is 4.84 Å². The van der Waals surface area contributed by atoms with Crippen LogP contribution in [0, 0.1) is 6.07 Å². The van der Waals surface area contributed by atoms with Crippen LogP contribution in [0.15, 0.2) is 23.3 Å². The zero-order valence-corrected chi connectivity index (χ0v) is 11.9. The van der Waals surface area contributed by atoms with Crippen molar-refractivity contribution in [2.24, 2.45) is 4.99 Å². The predicted molar refractivity (Wildman–Crippen MR) is 72.8 cm³/mol. The average molecular weight is 250 g/mol. The number of amidine groups is 1. The van der Waals surface area contributed by atoms with Crippen LogP contribution in [0.4, 0.5) is 0 Å². The van der Waals surface area contributed by atoms with E-state index in [0.717, 1.165) is 18.3 Å². The highest BCUT2D eigenvalue weighted by atomic mass is 28.3. The van der Waals surface area contributed by atoms with Gasteiger partial charge in [0, 0.05) is 26.9 Å². The van der Waals surface area contributed by atoms with E-state index in [0.29, 0.717) is 5.84 Å².